The molecule has 1 unspecified atom stereocenters. The molecule has 82 valence electrons. The van der Waals surface area contributed by atoms with Gasteiger partial charge in [0.2, 0.25) is 0 Å². The first kappa shape index (κ1) is 11.7. The van der Waals surface area contributed by atoms with E-state index in [9.17, 15) is 4.79 Å². The Bertz CT molecular complexity index is 339. The monoisotopic (exact) mass is 208 g/mol. The van der Waals surface area contributed by atoms with Crippen LogP contribution in [0.25, 0.3) is 0 Å². The summed E-state index contributed by atoms with van der Waals surface area (Å²) in [6, 6.07) is 6.54. The van der Waals surface area contributed by atoms with Crippen LogP contribution in [-0.4, -0.2) is 24.2 Å². The fourth-order valence-electron chi connectivity index (χ4n) is 1.28. The van der Waals surface area contributed by atoms with Crippen molar-refractivity contribution < 1.29 is 9.90 Å². The number of benzene rings is 1. The van der Waals surface area contributed by atoms with Crippen molar-refractivity contribution in [3.63, 3.8) is 0 Å². The van der Waals surface area contributed by atoms with Crippen molar-refractivity contribution in [2.45, 2.75) is 13.0 Å². The minimum atomic E-state index is -0.431. The second kappa shape index (κ2) is 5.48. The molecule has 0 radical (unpaired) electrons. The van der Waals surface area contributed by atoms with Crippen LogP contribution in [0.15, 0.2) is 24.3 Å². The van der Waals surface area contributed by atoms with Gasteiger partial charge in [0, 0.05) is 12.1 Å². The molecule has 0 saturated carbocycles. The van der Waals surface area contributed by atoms with Gasteiger partial charge >= 0.3 is 0 Å². The molecule has 0 saturated heterocycles. The summed E-state index contributed by atoms with van der Waals surface area (Å²) in [5.74, 6) is -0.121. The van der Waals surface area contributed by atoms with Gasteiger partial charge in [-0.15, -0.1) is 0 Å². The van der Waals surface area contributed by atoms with E-state index in [0.717, 1.165) is 5.56 Å². The maximum atomic E-state index is 11.5. The molecule has 1 rings (SSSR count). The third kappa shape index (κ3) is 3.04. The number of carbonyl (C=O) groups is 1. The van der Waals surface area contributed by atoms with E-state index in [1.54, 1.807) is 24.3 Å². The molecule has 0 aromatic heterocycles. The molecule has 4 N–H and O–H groups in total. The molecule has 0 fully saturated rings. The highest BCUT2D eigenvalue weighted by molar-refractivity contribution is 5.94. The van der Waals surface area contributed by atoms with Crippen LogP contribution in [0, 0.1) is 0 Å². The Hall–Kier alpha value is -1.39. The third-order valence-corrected chi connectivity index (χ3v) is 2.11. The number of amides is 1. The van der Waals surface area contributed by atoms with Crippen LogP contribution < -0.4 is 11.1 Å². The van der Waals surface area contributed by atoms with E-state index in [1.807, 2.05) is 6.92 Å². The van der Waals surface area contributed by atoms with Crippen molar-refractivity contribution in [1.82, 2.24) is 5.32 Å². The Morgan fingerprint density at radius 1 is 1.60 bits per heavy atom. The first-order valence-electron chi connectivity index (χ1n) is 4.93. The average Bonchev–Trinajstić information content (AvgIpc) is 2.28. The lowest BCUT2D eigenvalue weighted by Crippen LogP contribution is -2.23. The highest BCUT2D eigenvalue weighted by Crippen LogP contribution is 2.11. The average molecular weight is 208 g/mol. The SMILES string of the molecule is CCNC(=O)c1cccc(C(N)CO)c1. The molecule has 4 heteroatoms. The Balaban J connectivity index is 2.87. The van der Waals surface area contributed by atoms with E-state index in [0.29, 0.717) is 12.1 Å². The predicted octanol–water partition coefficient (Wildman–Crippen LogP) is 0.428. The standard InChI is InChI=1S/C11H16N2O2/c1-2-13-11(15)9-5-3-4-8(6-9)10(12)7-14/h3-6,10,14H,2,7,12H2,1H3,(H,13,15). The lowest BCUT2D eigenvalue weighted by atomic mass is 10.0. The Kier molecular flexibility index (Phi) is 4.27. The van der Waals surface area contributed by atoms with Crippen molar-refractivity contribution in [3.8, 4) is 0 Å². The minimum Gasteiger partial charge on any atom is -0.394 e. The fourth-order valence-corrected chi connectivity index (χ4v) is 1.28. The number of hydrogen-bond acceptors (Lipinski definition) is 3. The lowest BCUT2D eigenvalue weighted by Gasteiger charge is -2.10. The van der Waals surface area contributed by atoms with Crippen LogP contribution in [0.1, 0.15) is 28.9 Å². The summed E-state index contributed by atoms with van der Waals surface area (Å²) in [6.07, 6.45) is 0. The summed E-state index contributed by atoms with van der Waals surface area (Å²) in [7, 11) is 0. The topological polar surface area (TPSA) is 75.4 Å². The van der Waals surface area contributed by atoms with Crippen molar-refractivity contribution in [1.29, 1.82) is 0 Å². The van der Waals surface area contributed by atoms with E-state index < -0.39 is 6.04 Å². The van der Waals surface area contributed by atoms with Gasteiger partial charge in [-0.1, -0.05) is 12.1 Å². The molecule has 0 bridgehead atoms. The fraction of sp³-hybridized carbons (Fsp3) is 0.364. The summed E-state index contributed by atoms with van der Waals surface area (Å²) in [6.45, 7) is 2.33. The largest absolute Gasteiger partial charge is 0.394 e. The zero-order chi connectivity index (χ0) is 11.3. The van der Waals surface area contributed by atoms with Gasteiger partial charge in [-0.3, -0.25) is 4.79 Å². The van der Waals surface area contributed by atoms with Crippen molar-refractivity contribution in [3.05, 3.63) is 35.4 Å². The van der Waals surface area contributed by atoms with E-state index in [-0.39, 0.29) is 12.5 Å². The Morgan fingerprint density at radius 2 is 2.33 bits per heavy atom. The second-order valence-electron chi connectivity index (χ2n) is 3.27. The highest BCUT2D eigenvalue weighted by Gasteiger charge is 2.08. The Morgan fingerprint density at radius 3 is 2.93 bits per heavy atom. The number of rotatable bonds is 4. The van der Waals surface area contributed by atoms with Gasteiger partial charge in [0.15, 0.2) is 0 Å². The van der Waals surface area contributed by atoms with Gasteiger partial charge < -0.3 is 16.2 Å². The minimum absolute atomic E-state index is 0.121. The van der Waals surface area contributed by atoms with Crippen LogP contribution in [-0.2, 0) is 0 Å². The summed E-state index contributed by atoms with van der Waals surface area (Å²) in [5, 5.41) is 11.6. The molecular formula is C11H16N2O2. The molecule has 1 aromatic rings. The van der Waals surface area contributed by atoms with Crippen LogP contribution in [0.2, 0.25) is 0 Å². The van der Waals surface area contributed by atoms with E-state index in [1.165, 1.54) is 0 Å². The van der Waals surface area contributed by atoms with Gasteiger partial charge in [-0.05, 0) is 24.6 Å². The van der Waals surface area contributed by atoms with Crippen molar-refractivity contribution >= 4 is 5.91 Å². The number of aliphatic hydroxyl groups is 1. The Labute approximate surface area is 89.1 Å². The molecule has 1 aromatic carbocycles. The van der Waals surface area contributed by atoms with Crippen LogP contribution in [0.4, 0.5) is 0 Å². The van der Waals surface area contributed by atoms with Gasteiger partial charge in [-0.25, -0.2) is 0 Å². The summed E-state index contributed by atoms with van der Waals surface area (Å²) in [5.41, 5.74) is 6.99. The molecule has 15 heavy (non-hydrogen) atoms. The molecule has 4 nitrogen and oxygen atoms in total. The number of hydrogen-bond donors (Lipinski definition) is 3. The first-order valence-corrected chi connectivity index (χ1v) is 4.93. The summed E-state index contributed by atoms with van der Waals surface area (Å²) in [4.78, 5) is 11.5. The van der Waals surface area contributed by atoms with Gasteiger partial charge in [-0.2, -0.15) is 0 Å². The van der Waals surface area contributed by atoms with E-state index in [2.05, 4.69) is 5.32 Å². The maximum Gasteiger partial charge on any atom is 0.251 e. The van der Waals surface area contributed by atoms with Crippen molar-refractivity contribution in [2.75, 3.05) is 13.2 Å². The predicted molar refractivity (Wildman–Crippen MR) is 58.5 cm³/mol. The normalized spacial score (nSPS) is 12.2. The van der Waals surface area contributed by atoms with Crippen molar-refractivity contribution in [2.24, 2.45) is 5.73 Å². The number of aliphatic hydroxyl groups excluding tert-OH is 1. The van der Waals surface area contributed by atoms with Gasteiger partial charge in [0.1, 0.15) is 0 Å². The summed E-state index contributed by atoms with van der Waals surface area (Å²) >= 11 is 0. The van der Waals surface area contributed by atoms with Crippen LogP contribution >= 0.6 is 0 Å². The van der Waals surface area contributed by atoms with Crippen LogP contribution in [0.3, 0.4) is 0 Å². The van der Waals surface area contributed by atoms with Gasteiger partial charge in [0.05, 0.1) is 12.6 Å². The maximum absolute atomic E-state index is 11.5. The quantitative estimate of drug-likeness (QED) is 0.671. The lowest BCUT2D eigenvalue weighted by molar-refractivity contribution is 0.0955. The third-order valence-electron chi connectivity index (χ3n) is 2.11. The molecule has 0 spiro atoms. The molecule has 0 heterocycles. The first-order chi connectivity index (χ1) is 7.19. The zero-order valence-corrected chi connectivity index (χ0v) is 8.73. The summed E-state index contributed by atoms with van der Waals surface area (Å²) < 4.78 is 0. The smallest absolute Gasteiger partial charge is 0.251 e. The second-order valence-corrected chi connectivity index (χ2v) is 3.27. The van der Waals surface area contributed by atoms with E-state index in [4.69, 9.17) is 10.8 Å². The zero-order valence-electron chi connectivity index (χ0n) is 8.73. The van der Waals surface area contributed by atoms with E-state index >= 15 is 0 Å². The molecular weight excluding hydrogens is 192 g/mol. The molecule has 0 aliphatic rings. The molecule has 1 amide bonds. The van der Waals surface area contributed by atoms with Gasteiger partial charge in [0.25, 0.3) is 5.91 Å². The number of nitrogens with two attached hydrogens (primary N) is 1. The molecule has 0 aliphatic carbocycles. The highest BCUT2D eigenvalue weighted by atomic mass is 16.3. The number of carbonyl (C=O) groups excluding carboxylic acids is 1. The molecule has 0 aliphatic heterocycles. The molecule has 1 atom stereocenters. The number of nitrogens with one attached hydrogen (secondary N) is 1. The van der Waals surface area contributed by atoms with Crippen LogP contribution in [0.5, 0.6) is 0 Å².